The molecule has 3 rings (SSSR count). The second-order valence-corrected chi connectivity index (χ2v) is 5.05. The molecular weight excluding hydrogens is 258 g/mol. The molecule has 21 heavy (non-hydrogen) atoms. The summed E-state index contributed by atoms with van der Waals surface area (Å²) in [5, 5.41) is 7.71. The highest BCUT2D eigenvalue weighted by molar-refractivity contribution is 5.81. The fraction of sp³-hybridized carbons (Fsp3) is 0.222. The molecule has 2 aromatic heterocycles. The first kappa shape index (κ1) is 13.6. The van der Waals surface area contributed by atoms with E-state index in [0.717, 1.165) is 41.1 Å². The Morgan fingerprint density at radius 3 is 2.62 bits per heavy atom. The molecule has 106 valence electrons. The van der Waals surface area contributed by atoms with E-state index in [1.807, 2.05) is 24.4 Å². The van der Waals surface area contributed by atoms with Gasteiger partial charge in [0.25, 0.3) is 0 Å². The third-order valence-corrected chi connectivity index (χ3v) is 3.72. The third-order valence-electron chi connectivity index (χ3n) is 3.72. The summed E-state index contributed by atoms with van der Waals surface area (Å²) in [6.45, 7) is 4.30. The molecule has 3 nitrogen and oxygen atoms in total. The van der Waals surface area contributed by atoms with Gasteiger partial charge in [-0.25, -0.2) is 0 Å². The van der Waals surface area contributed by atoms with Crippen LogP contribution in [0.2, 0.25) is 0 Å². The van der Waals surface area contributed by atoms with Gasteiger partial charge in [0.2, 0.25) is 0 Å². The molecule has 0 aliphatic heterocycles. The molecule has 0 saturated heterocycles. The number of benzene rings is 1. The van der Waals surface area contributed by atoms with E-state index >= 15 is 0 Å². The molecule has 3 aromatic rings. The van der Waals surface area contributed by atoms with Gasteiger partial charge in [-0.05, 0) is 36.6 Å². The van der Waals surface area contributed by atoms with Crippen molar-refractivity contribution in [2.24, 2.45) is 0 Å². The van der Waals surface area contributed by atoms with Gasteiger partial charge in [0.15, 0.2) is 0 Å². The highest BCUT2D eigenvalue weighted by Crippen LogP contribution is 2.32. The van der Waals surface area contributed by atoms with Crippen LogP contribution in [0.4, 0.5) is 0 Å². The van der Waals surface area contributed by atoms with Crippen LogP contribution in [0.5, 0.6) is 0 Å². The summed E-state index contributed by atoms with van der Waals surface area (Å²) >= 11 is 0. The molecule has 0 aliphatic carbocycles. The summed E-state index contributed by atoms with van der Waals surface area (Å²) in [4.78, 5) is 4.50. The van der Waals surface area contributed by atoms with Crippen molar-refractivity contribution < 1.29 is 0 Å². The fourth-order valence-electron chi connectivity index (χ4n) is 2.57. The summed E-state index contributed by atoms with van der Waals surface area (Å²) in [6, 6.07) is 14.6. The van der Waals surface area contributed by atoms with Gasteiger partial charge in [-0.2, -0.15) is 5.10 Å². The predicted octanol–water partition coefficient (Wildman–Crippen LogP) is 4.26. The topological polar surface area (TPSA) is 41.6 Å². The number of hydrogen-bond donors (Lipinski definition) is 1. The number of aromatic nitrogens is 3. The molecule has 0 bridgehead atoms. The van der Waals surface area contributed by atoms with Crippen LogP contribution < -0.4 is 0 Å². The van der Waals surface area contributed by atoms with Crippen LogP contribution in [0, 0.1) is 0 Å². The molecule has 0 amide bonds. The summed E-state index contributed by atoms with van der Waals surface area (Å²) in [5.41, 5.74) is 6.67. The molecule has 0 spiro atoms. The van der Waals surface area contributed by atoms with E-state index in [9.17, 15) is 0 Å². The van der Waals surface area contributed by atoms with E-state index in [1.165, 1.54) is 5.56 Å². The van der Waals surface area contributed by atoms with Gasteiger partial charge < -0.3 is 0 Å². The van der Waals surface area contributed by atoms with Gasteiger partial charge in [0, 0.05) is 23.0 Å². The number of aromatic amines is 1. The van der Waals surface area contributed by atoms with E-state index in [0.29, 0.717) is 0 Å². The Bertz CT molecular complexity index is 729. The Morgan fingerprint density at radius 2 is 1.90 bits per heavy atom. The number of H-pyrrole nitrogens is 1. The van der Waals surface area contributed by atoms with Crippen molar-refractivity contribution >= 4 is 0 Å². The maximum atomic E-state index is 4.54. The molecule has 2 heterocycles. The lowest BCUT2D eigenvalue weighted by atomic mass is 9.99. The Hall–Kier alpha value is -2.42. The molecule has 0 fully saturated rings. The molecule has 0 unspecified atom stereocenters. The minimum Gasteiger partial charge on any atom is -0.281 e. The van der Waals surface area contributed by atoms with Crippen molar-refractivity contribution in [2.75, 3.05) is 0 Å². The smallest absolute Gasteiger partial charge is 0.102 e. The summed E-state index contributed by atoms with van der Waals surface area (Å²) in [7, 11) is 0. The molecule has 0 radical (unpaired) electrons. The monoisotopic (exact) mass is 277 g/mol. The van der Waals surface area contributed by atoms with Gasteiger partial charge in [-0.1, -0.05) is 38.1 Å². The Kier molecular flexibility index (Phi) is 3.82. The van der Waals surface area contributed by atoms with E-state index in [1.54, 1.807) is 0 Å². The average molecular weight is 277 g/mol. The molecule has 1 aromatic carbocycles. The molecule has 1 N–H and O–H groups in total. The SMILES string of the molecule is CCc1cccc(-c2n[nH]c(CC)c2-c2ccccn2)c1. The van der Waals surface area contributed by atoms with Crippen molar-refractivity contribution in [3.05, 3.63) is 59.9 Å². The van der Waals surface area contributed by atoms with Gasteiger partial charge >= 0.3 is 0 Å². The van der Waals surface area contributed by atoms with Crippen LogP contribution in [0.15, 0.2) is 48.7 Å². The van der Waals surface area contributed by atoms with Gasteiger partial charge in [0.05, 0.1) is 5.69 Å². The van der Waals surface area contributed by atoms with Crippen molar-refractivity contribution in [1.82, 2.24) is 15.2 Å². The molecule has 0 atom stereocenters. The largest absolute Gasteiger partial charge is 0.281 e. The summed E-state index contributed by atoms with van der Waals surface area (Å²) < 4.78 is 0. The lowest BCUT2D eigenvalue weighted by Crippen LogP contribution is -1.90. The Labute approximate surface area is 125 Å². The zero-order valence-corrected chi connectivity index (χ0v) is 12.4. The minimum atomic E-state index is 0.909. The number of nitrogens with zero attached hydrogens (tertiary/aromatic N) is 2. The quantitative estimate of drug-likeness (QED) is 0.774. The molecule has 0 aliphatic rings. The summed E-state index contributed by atoms with van der Waals surface area (Å²) in [5.74, 6) is 0. The third kappa shape index (κ3) is 2.59. The first-order valence-corrected chi connectivity index (χ1v) is 7.41. The average Bonchev–Trinajstić information content (AvgIpc) is 2.99. The van der Waals surface area contributed by atoms with E-state index in [4.69, 9.17) is 0 Å². The zero-order valence-electron chi connectivity index (χ0n) is 12.4. The number of nitrogens with one attached hydrogen (secondary N) is 1. The van der Waals surface area contributed by atoms with Crippen LogP contribution in [0.25, 0.3) is 22.5 Å². The van der Waals surface area contributed by atoms with Crippen molar-refractivity contribution in [3.8, 4) is 22.5 Å². The lowest BCUT2D eigenvalue weighted by Gasteiger charge is -2.06. The second kappa shape index (κ2) is 5.92. The first-order valence-electron chi connectivity index (χ1n) is 7.41. The highest BCUT2D eigenvalue weighted by Gasteiger charge is 2.16. The Balaban J connectivity index is 2.17. The minimum absolute atomic E-state index is 0.909. The first-order chi connectivity index (χ1) is 10.3. The van der Waals surface area contributed by atoms with Crippen molar-refractivity contribution in [1.29, 1.82) is 0 Å². The second-order valence-electron chi connectivity index (χ2n) is 5.05. The fourth-order valence-corrected chi connectivity index (χ4v) is 2.57. The van der Waals surface area contributed by atoms with Crippen molar-refractivity contribution in [2.45, 2.75) is 26.7 Å². The van der Waals surface area contributed by atoms with Gasteiger partial charge in [-0.15, -0.1) is 0 Å². The van der Waals surface area contributed by atoms with Gasteiger partial charge in [0.1, 0.15) is 5.69 Å². The number of rotatable bonds is 4. The Morgan fingerprint density at radius 1 is 1.00 bits per heavy atom. The number of aryl methyl sites for hydroxylation is 2. The van der Waals surface area contributed by atoms with Crippen molar-refractivity contribution in [3.63, 3.8) is 0 Å². The maximum Gasteiger partial charge on any atom is 0.102 e. The zero-order chi connectivity index (χ0) is 14.7. The van der Waals surface area contributed by atoms with E-state index < -0.39 is 0 Å². The standard InChI is InChI=1S/C18H19N3/c1-3-13-8-7-9-14(12-13)18-17(15(4-2)20-21-18)16-10-5-6-11-19-16/h5-12H,3-4H2,1-2H3,(H,20,21). The molecule has 0 saturated carbocycles. The van der Waals surface area contributed by atoms with Crippen LogP contribution in [0.3, 0.4) is 0 Å². The van der Waals surface area contributed by atoms with Crippen LogP contribution in [-0.4, -0.2) is 15.2 Å². The predicted molar refractivity (Wildman–Crippen MR) is 86.0 cm³/mol. The van der Waals surface area contributed by atoms with Crippen LogP contribution >= 0.6 is 0 Å². The summed E-state index contributed by atoms with van der Waals surface area (Å²) in [6.07, 6.45) is 3.76. The molecular formula is C18H19N3. The van der Waals surface area contributed by atoms with Crippen LogP contribution in [0.1, 0.15) is 25.1 Å². The number of hydrogen-bond acceptors (Lipinski definition) is 2. The van der Waals surface area contributed by atoms with Crippen LogP contribution in [-0.2, 0) is 12.8 Å². The highest BCUT2D eigenvalue weighted by atomic mass is 15.1. The van der Waals surface area contributed by atoms with E-state index in [-0.39, 0.29) is 0 Å². The van der Waals surface area contributed by atoms with Gasteiger partial charge in [-0.3, -0.25) is 10.1 Å². The molecule has 3 heteroatoms. The normalized spacial score (nSPS) is 10.8. The number of pyridine rings is 1. The maximum absolute atomic E-state index is 4.54. The van der Waals surface area contributed by atoms with E-state index in [2.05, 4.69) is 53.3 Å². The lowest BCUT2D eigenvalue weighted by molar-refractivity contribution is 0.976.